The lowest BCUT2D eigenvalue weighted by molar-refractivity contribution is -0.172. The molecule has 1 aliphatic rings. The van der Waals surface area contributed by atoms with Crippen LogP contribution in [0.25, 0.3) is 0 Å². The zero-order valence-electron chi connectivity index (χ0n) is 14.2. The van der Waals surface area contributed by atoms with Gasteiger partial charge in [0.2, 0.25) is 6.10 Å². The minimum absolute atomic E-state index is 0.0375. The molecule has 1 fully saturated rings. The van der Waals surface area contributed by atoms with Gasteiger partial charge in [0.1, 0.15) is 11.6 Å². The molecule has 0 radical (unpaired) electrons. The van der Waals surface area contributed by atoms with Gasteiger partial charge in [-0.25, -0.2) is 0 Å². The first-order valence-electron chi connectivity index (χ1n) is 7.81. The van der Waals surface area contributed by atoms with Crippen molar-refractivity contribution in [3.05, 3.63) is 47.5 Å². The molecule has 0 aromatic heterocycles. The molecule has 0 bridgehead atoms. The maximum absolute atomic E-state index is 12.7. The van der Waals surface area contributed by atoms with E-state index in [4.69, 9.17) is 10.00 Å². The maximum atomic E-state index is 12.7. The van der Waals surface area contributed by atoms with Gasteiger partial charge in [-0.2, -0.15) is 31.6 Å². The highest BCUT2D eigenvalue weighted by Gasteiger charge is 2.64. The van der Waals surface area contributed by atoms with Crippen LogP contribution in [-0.2, 0) is 9.53 Å². The lowest BCUT2D eigenvalue weighted by Crippen LogP contribution is -2.26. The Morgan fingerprint density at radius 2 is 1.67 bits per heavy atom. The van der Waals surface area contributed by atoms with Gasteiger partial charge < -0.3 is 4.74 Å². The summed E-state index contributed by atoms with van der Waals surface area (Å²) in [7, 11) is 0. The van der Waals surface area contributed by atoms with Crippen LogP contribution in [0.5, 0.6) is 0 Å². The zero-order valence-corrected chi connectivity index (χ0v) is 14.2. The summed E-state index contributed by atoms with van der Waals surface area (Å²) in [4.78, 5) is 12.3. The Kier molecular flexibility index (Phi) is 5.32. The molecule has 0 amide bonds. The van der Waals surface area contributed by atoms with Gasteiger partial charge in [-0.1, -0.05) is 50.3 Å². The Labute approximate surface area is 151 Å². The molecular weight excluding hydrogens is 376 g/mol. The number of hydrogen-bond acceptors (Lipinski definition) is 3. The number of allylic oxidation sites excluding steroid dienone is 2. The second-order valence-corrected chi connectivity index (χ2v) is 6.76. The zero-order chi connectivity index (χ0) is 20.6. The van der Waals surface area contributed by atoms with E-state index in [1.54, 1.807) is 24.3 Å². The van der Waals surface area contributed by atoms with Crippen LogP contribution >= 0.6 is 0 Å². The average Bonchev–Trinajstić information content (AvgIpc) is 3.09. The van der Waals surface area contributed by atoms with Crippen molar-refractivity contribution >= 4 is 5.97 Å². The van der Waals surface area contributed by atoms with E-state index < -0.39 is 47.2 Å². The lowest BCUT2D eigenvalue weighted by Gasteiger charge is -2.15. The Morgan fingerprint density at radius 3 is 2.11 bits per heavy atom. The number of rotatable bonds is 4. The first-order chi connectivity index (χ1) is 12.3. The molecule has 0 heterocycles. The van der Waals surface area contributed by atoms with E-state index in [0.29, 0.717) is 5.56 Å². The normalized spacial score (nSPS) is 22.3. The average molecular weight is 391 g/mol. The molecule has 0 aliphatic heterocycles. The summed E-state index contributed by atoms with van der Waals surface area (Å²) in [6.45, 7) is 2.74. The van der Waals surface area contributed by atoms with Gasteiger partial charge >= 0.3 is 18.3 Å². The quantitative estimate of drug-likeness (QED) is 0.407. The van der Waals surface area contributed by atoms with E-state index in [1.165, 1.54) is 26.0 Å². The van der Waals surface area contributed by atoms with Crippen LogP contribution in [-0.4, -0.2) is 18.3 Å². The number of halogens is 6. The van der Waals surface area contributed by atoms with Crippen molar-refractivity contribution in [1.29, 1.82) is 5.26 Å². The minimum atomic E-state index is -5.59. The third-order valence-electron chi connectivity index (χ3n) is 4.58. The molecular formula is C18H15F6NO2. The third kappa shape index (κ3) is 4.43. The predicted molar refractivity (Wildman–Crippen MR) is 81.8 cm³/mol. The number of carbonyl (C=O) groups excluding carboxylic acids is 1. The highest BCUT2D eigenvalue weighted by Crippen LogP contribution is 2.61. The Hall–Kier alpha value is -2.50. The fourth-order valence-electron chi connectivity index (χ4n) is 2.95. The summed E-state index contributed by atoms with van der Waals surface area (Å²) in [5.74, 6) is -3.53. The third-order valence-corrected chi connectivity index (χ3v) is 4.58. The summed E-state index contributed by atoms with van der Waals surface area (Å²) >= 11 is 0. The highest BCUT2D eigenvalue weighted by atomic mass is 19.4. The molecule has 27 heavy (non-hydrogen) atoms. The Bertz CT molecular complexity index is 758. The Morgan fingerprint density at radius 1 is 1.15 bits per heavy atom. The molecule has 3 nitrogen and oxygen atoms in total. The smallest absolute Gasteiger partial charge is 0.421 e. The molecule has 1 aromatic carbocycles. The first-order valence-corrected chi connectivity index (χ1v) is 7.81. The number of benzene rings is 1. The van der Waals surface area contributed by atoms with Crippen LogP contribution in [0.1, 0.15) is 25.5 Å². The summed E-state index contributed by atoms with van der Waals surface area (Å²) in [6.07, 6.45) is -12.4. The molecule has 1 aliphatic carbocycles. The largest absolute Gasteiger partial charge is 0.442 e. The molecule has 0 spiro atoms. The van der Waals surface area contributed by atoms with Gasteiger partial charge in [0.25, 0.3) is 0 Å². The first kappa shape index (κ1) is 20.8. The fourth-order valence-corrected chi connectivity index (χ4v) is 2.95. The minimum Gasteiger partial charge on any atom is -0.442 e. The number of nitrogens with zero attached hydrogens (tertiary/aromatic N) is 1. The molecule has 2 rings (SSSR count). The highest BCUT2D eigenvalue weighted by molar-refractivity contribution is 5.78. The molecule has 3 atom stereocenters. The van der Waals surface area contributed by atoms with E-state index in [2.05, 4.69) is 0 Å². The van der Waals surface area contributed by atoms with E-state index in [-0.39, 0.29) is 6.08 Å². The van der Waals surface area contributed by atoms with E-state index in [9.17, 15) is 31.1 Å². The van der Waals surface area contributed by atoms with Crippen LogP contribution in [0.3, 0.4) is 0 Å². The van der Waals surface area contributed by atoms with Crippen molar-refractivity contribution in [1.82, 2.24) is 0 Å². The van der Waals surface area contributed by atoms with Crippen LogP contribution in [0, 0.1) is 28.6 Å². The number of alkyl halides is 6. The van der Waals surface area contributed by atoms with Crippen molar-refractivity contribution in [2.45, 2.75) is 32.3 Å². The van der Waals surface area contributed by atoms with Gasteiger partial charge in [-0.15, -0.1) is 0 Å². The van der Waals surface area contributed by atoms with Crippen LogP contribution in [0.2, 0.25) is 0 Å². The van der Waals surface area contributed by atoms with Crippen molar-refractivity contribution < 1.29 is 35.9 Å². The second-order valence-electron chi connectivity index (χ2n) is 6.76. The number of ether oxygens (including phenoxy) is 1. The van der Waals surface area contributed by atoms with E-state index in [1.807, 2.05) is 0 Å². The van der Waals surface area contributed by atoms with Gasteiger partial charge in [0.05, 0.1) is 5.92 Å². The molecule has 0 N–H and O–H groups in total. The molecule has 1 saturated carbocycles. The standard InChI is InChI=1S/C18H15F6NO2/c1-16(2)11(8-13(17(19,20)21)18(22,23)24)14(16)15(26)27-12(9-25)10-6-4-3-5-7-10/h3-8,11-12,14H,1-2H3. The van der Waals surface area contributed by atoms with Crippen LogP contribution in [0.4, 0.5) is 26.3 Å². The summed E-state index contributed by atoms with van der Waals surface area (Å²) in [6, 6.07) is 9.64. The number of hydrogen-bond donors (Lipinski definition) is 0. The summed E-state index contributed by atoms with van der Waals surface area (Å²) in [5.41, 5.74) is -3.45. The molecule has 1 aromatic rings. The van der Waals surface area contributed by atoms with Gasteiger partial charge in [-0.05, 0) is 11.3 Å². The van der Waals surface area contributed by atoms with Crippen molar-refractivity contribution in [2.75, 3.05) is 0 Å². The number of nitriles is 1. The number of carbonyl (C=O) groups is 1. The van der Waals surface area contributed by atoms with Crippen molar-refractivity contribution in [3.63, 3.8) is 0 Å². The van der Waals surface area contributed by atoms with E-state index in [0.717, 1.165) is 0 Å². The predicted octanol–water partition coefficient (Wildman–Crippen LogP) is 5.12. The summed E-state index contributed by atoms with van der Waals surface area (Å²) in [5, 5.41) is 9.15. The molecule has 146 valence electrons. The SMILES string of the molecule is CC1(C)C(C=C(C(F)(F)F)C(F)(F)F)C1C(=O)OC(C#N)c1ccccc1. The lowest BCUT2D eigenvalue weighted by atomic mass is 10.1. The van der Waals surface area contributed by atoms with Gasteiger partial charge in [0.15, 0.2) is 0 Å². The number of esters is 1. The van der Waals surface area contributed by atoms with Crippen molar-refractivity contribution in [3.8, 4) is 6.07 Å². The van der Waals surface area contributed by atoms with Crippen molar-refractivity contribution in [2.24, 2.45) is 17.3 Å². The van der Waals surface area contributed by atoms with Gasteiger partial charge in [-0.3, -0.25) is 4.79 Å². The van der Waals surface area contributed by atoms with Gasteiger partial charge in [0, 0.05) is 5.56 Å². The molecule has 3 unspecified atom stereocenters. The molecule has 0 saturated heterocycles. The van der Waals surface area contributed by atoms with E-state index >= 15 is 0 Å². The maximum Gasteiger partial charge on any atom is 0.421 e. The monoisotopic (exact) mass is 391 g/mol. The van der Waals surface area contributed by atoms with Crippen LogP contribution < -0.4 is 0 Å². The van der Waals surface area contributed by atoms with Crippen LogP contribution in [0.15, 0.2) is 42.0 Å². The Balaban J connectivity index is 2.23. The summed E-state index contributed by atoms with van der Waals surface area (Å²) < 4.78 is 81.4. The second kappa shape index (κ2) is 6.91. The fraction of sp³-hybridized carbons (Fsp3) is 0.444. The topological polar surface area (TPSA) is 50.1 Å². The molecule has 9 heteroatoms.